The Morgan fingerprint density at radius 3 is 2.39 bits per heavy atom. The van der Waals surface area contributed by atoms with E-state index in [1.807, 2.05) is 35.7 Å². The van der Waals surface area contributed by atoms with Gasteiger partial charge in [-0.15, -0.1) is 11.3 Å². The maximum absolute atomic E-state index is 13.1. The van der Waals surface area contributed by atoms with E-state index in [0.717, 1.165) is 21.7 Å². The predicted molar refractivity (Wildman–Crippen MR) is 117 cm³/mol. The van der Waals surface area contributed by atoms with Crippen LogP contribution < -0.4 is 5.32 Å². The highest BCUT2D eigenvalue weighted by molar-refractivity contribution is 7.90. The van der Waals surface area contributed by atoms with E-state index in [9.17, 15) is 18.0 Å². The van der Waals surface area contributed by atoms with Gasteiger partial charge in [0.2, 0.25) is 0 Å². The van der Waals surface area contributed by atoms with Crippen LogP contribution in [0.5, 0.6) is 0 Å². The van der Waals surface area contributed by atoms with Crippen molar-refractivity contribution in [2.24, 2.45) is 0 Å². The molecule has 0 saturated carbocycles. The number of benzene rings is 2. The first-order valence-electron chi connectivity index (χ1n) is 9.59. The Morgan fingerprint density at radius 2 is 1.74 bits per heavy atom. The second kappa shape index (κ2) is 7.90. The molecule has 0 aliphatic carbocycles. The van der Waals surface area contributed by atoms with E-state index in [-0.39, 0.29) is 11.4 Å². The van der Waals surface area contributed by atoms with Gasteiger partial charge in [0.25, 0.3) is 5.91 Å². The number of nitrogens with one attached hydrogen (secondary N) is 1. The Morgan fingerprint density at radius 1 is 1.06 bits per heavy atom. The van der Waals surface area contributed by atoms with Crippen molar-refractivity contribution < 1.29 is 18.0 Å². The van der Waals surface area contributed by atoms with Gasteiger partial charge in [0, 0.05) is 18.1 Å². The minimum Gasteiger partial charge on any atom is -0.319 e. The van der Waals surface area contributed by atoms with Crippen LogP contribution in [0.2, 0.25) is 0 Å². The van der Waals surface area contributed by atoms with Gasteiger partial charge in [-0.3, -0.25) is 9.69 Å². The number of urea groups is 1. The van der Waals surface area contributed by atoms with Crippen molar-refractivity contribution in [3.8, 4) is 0 Å². The van der Waals surface area contributed by atoms with Gasteiger partial charge >= 0.3 is 6.03 Å². The highest BCUT2D eigenvalue weighted by Crippen LogP contribution is 2.30. The summed E-state index contributed by atoms with van der Waals surface area (Å²) >= 11 is 1.49. The van der Waals surface area contributed by atoms with Crippen LogP contribution >= 0.6 is 11.3 Å². The quantitative estimate of drug-likeness (QED) is 0.576. The van der Waals surface area contributed by atoms with E-state index in [4.69, 9.17) is 0 Å². The summed E-state index contributed by atoms with van der Waals surface area (Å²) in [6.07, 6.45) is 1.81. The molecule has 0 bridgehead atoms. The number of imide groups is 1. The first kappa shape index (κ1) is 21.2. The number of carbonyl (C=O) groups is 2. The molecule has 1 saturated heterocycles. The van der Waals surface area contributed by atoms with E-state index in [2.05, 4.69) is 10.3 Å². The third kappa shape index (κ3) is 4.24. The fraction of sp³-hybridized carbons (Fsp3) is 0.227. The third-order valence-electron chi connectivity index (χ3n) is 5.25. The van der Waals surface area contributed by atoms with Crippen molar-refractivity contribution in [1.29, 1.82) is 0 Å². The van der Waals surface area contributed by atoms with Gasteiger partial charge in [0.1, 0.15) is 5.54 Å². The highest BCUT2D eigenvalue weighted by Gasteiger charge is 2.49. The summed E-state index contributed by atoms with van der Waals surface area (Å²) in [7, 11) is -3.35. The Kier molecular flexibility index (Phi) is 5.40. The molecule has 1 N–H and O–H groups in total. The number of thiazole rings is 1. The maximum atomic E-state index is 13.1. The second-order valence-corrected chi connectivity index (χ2v) is 10.6. The lowest BCUT2D eigenvalue weighted by Crippen LogP contribution is -2.40. The van der Waals surface area contributed by atoms with Gasteiger partial charge in [0.05, 0.1) is 22.1 Å². The second-order valence-electron chi connectivity index (χ2n) is 7.64. The molecule has 1 aromatic heterocycles. The van der Waals surface area contributed by atoms with Crippen molar-refractivity contribution in [1.82, 2.24) is 15.2 Å². The van der Waals surface area contributed by atoms with Crippen LogP contribution in [-0.2, 0) is 33.1 Å². The van der Waals surface area contributed by atoms with Crippen LogP contribution in [0.1, 0.15) is 28.8 Å². The van der Waals surface area contributed by atoms with E-state index in [0.29, 0.717) is 17.7 Å². The van der Waals surface area contributed by atoms with Gasteiger partial charge in [-0.25, -0.2) is 18.2 Å². The average molecular weight is 456 g/mol. The Bertz CT molecular complexity index is 1240. The normalized spacial score (nSPS) is 19.0. The van der Waals surface area contributed by atoms with E-state index in [1.165, 1.54) is 23.5 Å². The van der Waals surface area contributed by atoms with Gasteiger partial charge in [-0.05, 0) is 30.2 Å². The summed E-state index contributed by atoms with van der Waals surface area (Å²) in [6.45, 7) is 1.69. The smallest absolute Gasteiger partial charge is 0.319 e. The Balaban J connectivity index is 1.51. The molecule has 0 spiro atoms. The van der Waals surface area contributed by atoms with E-state index in [1.54, 1.807) is 19.1 Å². The lowest BCUT2D eigenvalue weighted by Gasteiger charge is -2.22. The number of nitrogens with zero attached hydrogens (tertiary/aromatic N) is 2. The number of sulfone groups is 1. The molecule has 0 radical (unpaired) electrons. The molecule has 31 heavy (non-hydrogen) atoms. The van der Waals surface area contributed by atoms with Crippen LogP contribution in [0.25, 0.3) is 0 Å². The molecule has 1 fully saturated rings. The van der Waals surface area contributed by atoms with Crippen LogP contribution in [0, 0.1) is 0 Å². The molecule has 3 amide bonds. The summed E-state index contributed by atoms with van der Waals surface area (Å²) < 4.78 is 23.4. The predicted octanol–water partition coefficient (Wildman–Crippen LogP) is 3.10. The first-order chi connectivity index (χ1) is 14.7. The summed E-state index contributed by atoms with van der Waals surface area (Å²) in [5.41, 5.74) is 1.04. The van der Waals surface area contributed by atoms with Crippen LogP contribution in [0.3, 0.4) is 0 Å². The Hall–Kier alpha value is -3.04. The lowest BCUT2D eigenvalue weighted by atomic mass is 9.92. The van der Waals surface area contributed by atoms with Crippen LogP contribution in [0.15, 0.2) is 64.9 Å². The number of hydrogen-bond donors (Lipinski definition) is 1. The van der Waals surface area contributed by atoms with Crippen LogP contribution in [-0.4, -0.2) is 36.5 Å². The molecule has 1 aliphatic rings. The molecule has 160 valence electrons. The molecule has 1 atom stereocenters. The fourth-order valence-corrected chi connectivity index (χ4v) is 4.96. The summed E-state index contributed by atoms with van der Waals surface area (Å²) in [4.78, 5) is 31.6. The van der Waals surface area contributed by atoms with E-state index >= 15 is 0 Å². The van der Waals surface area contributed by atoms with Gasteiger partial charge < -0.3 is 5.32 Å². The van der Waals surface area contributed by atoms with Crippen molar-refractivity contribution in [3.63, 3.8) is 0 Å². The Labute approximate surface area is 184 Å². The number of amides is 3. The van der Waals surface area contributed by atoms with Crippen molar-refractivity contribution in [2.75, 3.05) is 6.26 Å². The molecule has 3 aromatic rings. The zero-order chi connectivity index (χ0) is 22.2. The average Bonchev–Trinajstić information content (AvgIpc) is 3.26. The molecule has 4 rings (SSSR count). The number of hydrogen-bond acceptors (Lipinski definition) is 6. The summed E-state index contributed by atoms with van der Waals surface area (Å²) in [5.74, 6) is -0.401. The molecular weight excluding hydrogens is 434 g/mol. The first-order valence-corrected chi connectivity index (χ1v) is 12.4. The lowest BCUT2D eigenvalue weighted by molar-refractivity contribution is -0.131. The van der Waals surface area contributed by atoms with Gasteiger partial charge in [-0.2, -0.15) is 0 Å². The minimum absolute atomic E-state index is 0.0764. The molecule has 1 unspecified atom stereocenters. The molecule has 2 aromatic carbocycles. The standard InChI is InChI=1S/C22H21N3O4S2/c1-22(16-8-10-18(11-9-16)31(2,28)29)20(26)25(21(27)24-22)13-17-14-30-19(23-17)12-15-6-4-3-5-7-15/h3-11,14H,12-13H2,1-2H3,(H,24,27). The molecule has 2 heterocycles. The SMILES string of the molecule is CC1(c2ccc(S(C)(=O)=O)cc2)NC(=O)N(Cc2csc(Cc3ccccc3)n2)C1=O. The monoisotopic (exact) mass is 455 g/mol. The topological polar surface area (TPSA) is 96.4 Å². The number of aromatic nitrogens is 1. The van der Waals surface area contributed by atoms with Crippen molar-refractivity contribution >= 4 is 33.1 Å². The summed E-state index contributed by atoms with van der Waals surface area (Å²) in [6, 6.07) is 15.4. The zero-order valence-electron chi connectivity index (χ0n) is 17.0. The fourth-order valence-electron chi connectivity index (χ4n) is 3.51. The minimum atomic E-state index is -3.35. The maximum Gasteiger partial charge on any atom is 0.325 e. The largest absolute Gasteiger partial charge is 0.325 e. The zero-order valence-corrected chi connectivity index (χ0v) is 18.7. The van der Waals surface area contributed by atoms with Gasteiger partial charge in [-0.1, -0.05) is 42.5 Å². The molecule has 7 nitrogen and oxygen atoms in total. The van der Waals surface area contributed by atoms with E-state index < -0.39 is 27.3 Å². The summed E-state index contributed by atoms with van der Waals surface area (Å²) in [5, 5.41) is 5.50. The number of rotatable bonds is 6. The highest BCUT2D eigenvalue weighted by atomic mass is 32.2. The van der Waals surface area contributed by atoms with Crippen molar-refractivity contribution in [3.05, 3.63) is 81.8 Å². The van der Waals surface area contributed by atoms with Crippen LogP contribution in [0.4, 0.5) is 4.79 Å². The molecule has 9 heteroatoms. The third-order valence-corrected chi connectivity index (χ3v) is 7.28. The molecule has 1 aliphatic heterocycles. The number of carbonyl (C=O) groups excluding carboxylic acids is 2. The van der Waals surface area contributed by atoms with Gasteiger partial charge in [0.15, 0.2) is 9.84 Å². The molecular formula is C22H21N3O4S2. The van der Waals surface area contributed by atoms with Crippen molar-refractivity contribution in [2.45, 2.75) is 30.3 Å².